The van der Waals surface area contributed by atoms with E-state index in [1.807, 2.05) is 12.1 Å². The zero-order valence-corrected chi connectivity index (χ0v) is 12.4. The molecule has 0 aliphatic heterocycles. The Hall–Kier alpha value is -1.04. The molecule has 1 fully saturated rings. The molecular weight excluding hydrogens is 256 g/mol. The van der Waals surface area contributed by atoms with Gasteiger partial charge in [0.15, 0.2) is 0 Å². The number of hydrogen-bond acceptors (Lipinski definition) is 2. The van der Waals surface area contributed by atoms with Crippen molar-refractivity contribution in [2.75, 3.05) is 0 Å². The van der Waals surface area contributed by atoms with Gasteiger partial charge in [-0.3, -0.25) is 0 Å². The lowest BCUT2D eigenvalue weighted by Crippen LogP contribution is -2.40. The molecule has 102 valence electrons. The molecule has 0 saturated heterocycles. The van der Waals surface area contributed by atoms with Crippen LogP contribution in [0.3, 0.4) is 0 Å². The maximum absolute atomic E-state index is 8.83. The predicted octanol–water partition coefficient (Wildman–Crippen LogP) is 4.13. The Morgan fingerprint density at radius 1 is 1.37 bits per heavy atom. The summed E-state index contributed by atoms with van der Waals surface area (Å²) < 4.78 is 0. The first-order valence-corrected chi connectivity index (χ1v) is 7.41. The minimum atomic E-state index is 0.579. The third kappa shape index (κ3) is 3.49. The van der Waals surface area contributed by atoms with Crippen LogP contribution in [0.4, 0.5) is 0 Å². The van der Waals surface area contributed by atoms with Crippen molar-refractivity contribution in [1.82, 2.24) is 5.32 Å². The summed E-state index contributed by atoms with van der Waals surface area (Å²) >= 11 is 6.20. The number of rotatable bonds is 3. The summed E-state index contributed by atoms with van der Waals surface area (Å²) in [7, 11) is 0. The van der Waals surface area contributed by atoms with E-state index in [1.165, 1.54) is 19.3 Å². The summed E-state index contributed by atoms with van der Waals surface area (Å²) in [6.45, 7) is 5.46. The van der Waals surface area contributed by atoms with Crippen molar-refractivity contribution in [2.24, 2.45) is 11.8 Å². The van der Waals surface area contributed by atoms with Crippen molar-refractivity contribution in [3.8, 4) is 6.07 Å². The van der Waals surface area contributed by atoms with E-state index < -0.39 is 0 Å². The van der Waals surface area contributed by atoms with Crippen molar-refractivity contribution < 1.29 is 0 Å². The summed E-state index contributed by atoms with van der Waals surface area (Å²) in [5.41, 5.74) is 1.69. The molecule has 3 atom stereocenters. The van der Waals surface area contributed by atoms with Crippen LogP contribution in [0.1, 0.15) is 44.2 Å². The summed E-state index contributed by atoms with van der Waals surface area (Å²) in [6, 6.07) is 8.21. The highest BCUT2D eigenvalue weighted by Crippen LogP contribution is 2.30. The number of nitriles is 1. The average Bonchev–Trinajstić information content (AvgIpc) is 2.41. The smallest absolute Gasteiger partial charge is 0.0992 e. The van der Waals surface area contributed by atoms with Crippen LogP contribution in [0.2, 0.25) is 5.02 Å². The monoisotopic (exact) mass is 276 g/mol. The van der Waals surface area contributed by atoms with Crippen LogP contribution in [0.5, 0.6) is 0 Å². The molecule has 0 radical (unpaired) electrons. The van der Waals surface area contributed by atoms with Crippen LogP contribution >= 0.6 is 11.6 Å². The molecule has 0 heterocycles. The molecule has 0 amide bonds. The molecule has 0 bridgehead atoms. The van der Waals surface area contributed by atoms with Gasteiger partial charge in [0.2, 0.25) is 0 Å². The Morgan fingerprint density at radius 3 is 2.84 bits per heavy atom. The van der Waals surface area contributed by atoms with Crippen LogP contribution in [-0.4, -0.2) is 6.04 Å². The highest BCUT2D eigenvalue weighted by Gasteiger charge is 2.26. The third-order valence-corrected chi connectivity index (χ3v) is 4.80. The molecule has 1 aliphatic carbocycles. The highest BCUT2D eigenvalue weighted by molar-refractivity contribution is 6.31. The van der Waals surface area contributed by atoms with Gasteiger partial charge in [-0.15, -0.1) is 0 Å². The lowest BCUT2D eigenvalue weighted by atomic mass is 9.78. The summed E-state index contributed by atoms with van der Waals surface area (Å²) in [6.07, 6.45) is 3.90. The van der Waals surface area contributed by atoms with Crippen LogP contribution in [0.25, 0.3) is 0 Å². The van der Waals surface area contributed by atoms with Crippen LogP contribution in [0, 0.1) is 23.2 Å². The van der Waals surface area contributed by atoms with Crippen LogP contribution in [0.15, 0.2) is 18.2 Å². The van der Waals surface area contributed by atoms with Crippen molar-refractivity contribution >= 4 is 11.6 Å². The topological polar surface area (TPSA) is 35.8 Å². The first kappa shape index (κ1) is 14.4. The van der Waals surface area contributed by atoms with Gasteiger partial charge in [-0.25, -0.2) is 0 Å². The lowest BCUT2D eigenvalue weighted by molar-refractivity contribution is 0.206. The normalized spacial score (nSPS) is 26.9. The molecule has 19 heavy (non-hydrogen) atoms. The second-order valence-electron chi connectivity index (χ2n) is 5.67. The predicted molar refractivity (Wildman–Crippen MR) is 79.0 cm³/mol. The molecule has 2 rings (SSSR count). The van der Waals surface area contributed by atoms with Gasteiger partial charge in [-0.2, -0.15) is 5.26 Å². The van der Waals surface area contributed by atoms with E-state index in [0.29, 0.717) is 22.5 Å². The van der Waals surface area contributed by atoms with Crippen LogP contribution in [-0.2, 0) is 6.54 Å². The van der Waals surface area contributed by atoms with Crippen LogP contribution < -0.4 is 5.32 Å². The van der Waals surface area contributed by atoms with Gasteiger partial charge in [0.05, 0.1) is 11.6 Å². The zero-order chi connectivity index (χ0) is 13.8. The van der Waals surface area contributed by atoms with Gasteiger partial charge in [0, 0.05) is 17.6 Å². The van der Waals surface area contributed by atoms with Crippen molar-refractivity contribution in [3.63, 3.8) is 0 Å². The average molecular weight is 277 g/mol. The number of nitrogens with one attached hydrogen (secondary N) is 1. The molecule has 1 aromatic rings. The third-order valence-electron chi connectivity index (χ3n) is 4.44. The fourth-order valence-electron chi connectivity index (χ4n) is 2.87. The Kier molecular flexibility index (Phi) is 4.85. The zero-order valence-electron chi connectivity index (χ0n) is 11.6. The van der Waals surface area contributed by atoms with Gasteiger partial charge in [-0.1, -0.05) is 44.4 Å². The summed E-state index contributed by atoms with van der Waals surface area (Å²) in [5.74, 6) is 1.51. The van der Waals surface area contributed by atoms with Crippen molar-refractivity contribution in [2.45, 2.75) is 45.7 Å². The van der Waals surface area contributed by atoms with E-state index in [1.54, 1.807) is 6.07 Å². The fourth-order valence-corrected chi connectivity index (χ4v) is 3.12. The second-order valence-corrected chi connectivity index (χ2v) is 6.08. The summed E-state index contributed by atoms with van der Waals surface area (Å²) in [5, 5.41) is 13.1. The molecule has 1 saturated carbocycles. The van der Waals surface area contributed by atoms with E-state index in [4.69, 9.17) is 16.9 Å². The van der Waals surface area contributed by atoms with E-state index in [9.17, 15) is 0 Å². The Morgan fingerprint density at radius 2 is 2.16 bits per heavy atom. The number of benzene rings is 1. The second kappa shape index (κ2) is 6.41. The van der Waals surface area contributed by atoms with E-state index in [2.05, 4.69) is 25.2 Å². The SMILES string of the molecule is CC1CCCC(NCc2ccc(C#N)cc2Cl)C1C. The largest absolute Gasteiger partial charge is 0.310 e. The van der Waals surface area contributed by atoms with E-state index in [-0.39, 0.29) is 0 Å². The molecule has 1 N–H and O–H groups in total. The molecule has 3 heteroatoms. The number of hydrogen-bond donors (Lipinski definition) is 1. The van der Waals surface area contributed by atoms with E-state index in [0.717, 1.165) is 18.0 Å². The molecule has 1 aliphatic rings. The van der Waals surface area contributed by atoms with Gasteiger partial charge >= 0.3 is 0 Å². The van der Waals surface area contributed by atoms with Crippen molar-refractivity contribution in [3.05, 3.63) is 34.3 Å². The van der Waals surface area contributed by atoms with Gasteiger partial charge in [0.1, 0.15) is 0 Å². The van der Waals surface area contributed by atoms with Gasteiger partial charge in [-0.05, 0) is 36.0 Å². The molecule has 3 unspecified atom stereocenters. The minimum absolute atomic E-state index is 0.579. The van der Waals surface area contributed by atoms with E-state index >= 15 is 0 Å². The van der Waals surface area contributed by atoms with Gasteiger partial charge < -0.3 is 5.32 Å². The molecule has 2 nitrogen and oxygen atoms in total. The molecule has 0 aromatic heterocycles. The lowest BCUT2D eigenvalue weighted by Gasteiger charge is -2.34. The highest BCUT2D eigenvalue weighted by atomic mass is 35.5. The quantitative estimate of drug-likeness (QED) is 0.901. The summed E-state index contributed by atoms with van der Waals surface area (Å²) in [4.78, 5) is 0. The molecular formula is C16H21ClN2. The molecule has 0 spiro atoms. The first-order valence-electron chi connectivity index (χ1n) is 7.03. The molecule has 1 aromatic carbocycles. The Labute approximate surface area is 120 Å². The standard InChI is InChI=1S/C16H21ClN2/c1-11-4-3-5-16(12(11)2)19-10-14-7-6-13(9-18)8-15(14)17/h6-8,11-12,16,19H,3-5,10H2,1-2H3. The number of nitrogens with zero attached hydrogens (tertiary/aromatic N) is 1. The first-order chi connectivity index (χ1) is 9.11. The Balaban J connectivity index is 1.97. The fraction of sp³-hybridized carbons (Fsp3) is 0.562. The maximum Gasteiger partial charge on any atom is 0.0992 e. The van der Waals surface area contributed by atoms with Gasteiger partial charge in [0.25, 0.3) is 0 Å². The maximum atomic E-state index is 8.83. The number of halogens is 1. The Bertz CT molecular complexity index is 478. The van der Waals surface area contributed by atoms with Crippen molar-refractivity contribution in [1.29, 1.82) is 5.26 Å². The minimum Gasteiger partial charge on any atom is -0.310 e.